The highest BCUT2D eigenvalue weighted by Gasteiger charge is 2.20. The Hall–Kier alpha value is -3.49. The highest BCUT2D eigenvalue weighted by Crippen LogP contribution is 2.32. The van der Waals surface area contributed by atoms with Gasteiger partial charge in [-0.15, -0.1) is 0 Å². The number of amides is 1. The maximum Gasteiger partial charge on any atom is 0.234 e. The van der Waals surface area contributed by atoms with E-state index in [9.17, 15) is 4.79 Å². The number of anilines is 1. The van der Waals surface area contributed by atoms with Crippen molar-refractivity contribution in [2.24, 2.45) is 0 Å². The molecule has 0 spiro atoms. The van der Waals surface area contributed by atoms with Gasteiger partial charge in [0.2, 0.25) is 5.91 Å². The van der Waals surface area contributed by atoms with E-state index in [-0.39, 0.29) is 11.7 Å². The number of carbonyl (C=O) groups excluding carboxylic acids is 1. The summed E-state index contributed by atoms with van der Waals surface area (Å²) in [6.07, 6.45) is 0.724. The van der Waals surface area contributed by atoms with Crippen LogP contribution in [0.3, 0.4) is 0 Å². The number of carbonyl (C=O) groups is 1. The molecule has 6 nitrogen and oxygen atoms in total. The van der Waals surface area contributed by atoms with E-state index in [2.05, 4.69) is 28.2 Å². The lowest BCUT2D eigenvalue weighted by Crippen LogP contribution is -2.14. The summed E-state index contributed by atoms with van der Waals surface area (Å²) in [5, 5.41) is 9.46. The first kappa shape index (κ1) is 23.3. The Labute approximate surface area is 215 Å². The van der Waals surface area contributed by atoms with E-state index in [4.69, 9.17) is 15.1 Å². The van der Waals surface area contributed by atoms with Crippen molar-refractivity contribution >= 4 is 50.3 Å². The highest BCUT2D eigenvalue weighted by atomic mass is 79.9. The maximum absolute atomic E-state index is 12.8. The molecule has 2 heterocycles. The van der Waals surface area contributed by atoms with E-state index in [0.717, 1.165) is 49.6 Å². The van der Waals surface area contributed by atoms with Crippen LogP contribution in [0.15, 0.2) is 94.4 Å². The van der Waals surface area contributed by atoms with Crippen molar-refractivity contribution in [2.75, 3.05) is 11.1 Å². The van der Waals surface area contributed by atoms with Gasteiger partial charge < -0.3 is 5.32 Å². The SMILES string of the molecule is CCc1nn(-c2ccccc2)c2nc(-c3ccccc3)nc(SCC(=O)Nc3cccc(Br)c3)c12. The van der Waals surface area contributed by atoms with Gasteiger partial charge in [0.1, 0.15) is 5.03 Å². The molecule has 0 aliphatic heterocycles. The smallest absolute Gasteiger partial charge is 0.234 e. The summed E-state index contributed by atoms with van der Waals surface area (Å²) in [5.74, 6) is 0.717. The lowest BCUT2D eigenvalue weighted by Gasteiger charge is -2.09. The van der Waals surface area contributed by atoms with Crippen LogP contribution in [-0.4, -0.2) is 31.4 Å². The topological polar surface area (TPSA) is 72.7 Å². The molecular formula is C27H22BrN5OS. The number of nitrogens with one attached hydrogen (secondary N) is 1. The van der Waals surface area contributed by atoms with Crippen molar-refractivity contribution in [1.82, 2.24) is 19.7 Å². The van der Waals surface area contributed by atoms with Crippen LogP contribution in [-0.2, 0) is 11.2 Å². The number of nitrogens with zero attached hydrogens (tertiary/aromatic N) is 4. The largest absolute Gasteiger partial charge is 0.325 e. The minimum Gasteiger partial charge on any atom is -0.325 e. The fourth-order valence-electron chi connectivity index (χ4n) is 3.77. The maximum atomic E-state index is 12.8. The minimum absolute atomic E-state index is 0.102. The quantitative estimate of drug-likeness (QED) is 0.186. The Kier molecular flexibility index (Phi) is 6.92. The average molecular weight is 544 g/mol. The minimum atomic E-state index is -0.102. The number of aromatic nitrogens is 4. The van der Waals surface area contributed by atoms with Crippen molar-refractivity contribution in [3.63, 3.8) is 0 Å². The fraction of sp³-hybridized carbons (Fsp3) is 0.111. The Morgan fingerprint density at radius 2 is 1.71 bits per heavy atom. The summed E-state index contributed by atoms with van der Waals surface area (Å²) in [5.41, 5.74) is 4.22. The second-order valence-electron chi connectivity index (χ2n) is 7.81. The molecule has 0 radical (unpaired) electrons. The molecule has 0 atom stereocenters. The Balaban J connectivity index is 1.56. The van der Waals surface area contributed by atoms with Crippen LogP contribution in [0.4, 0.5) is 5.69 Å². The standard InChI is InChI=1S/C27H22BrN5OS/c1-2-22-24-26(33(32-22)21-14-7-4-8-15-21)30-25(18-10-5-3-6-11-18)31-27(24)35-17-23(34)29-20-13-9-12-19(28)16-20/h3-16H,2,17H2,1H3,(H,29,34). The van der Waals surface area contributed by atoms with Crippen LogP contribution < -0.4 is 5.32 Å². The number of hydrogen-bond donors (Lipinski definition) is 1. The first-order chi connectivity index (χ1) is 17.1. The monoisotopic (exact) mass is 543 g/mol. The number of benzene rings is 3. The molecule has 5 rings (SSSR count). The number of rotatable bonds is 7. The van der Waals surface area contributed by atoms with Crippen LogP contribution in [0.1, 0.15) is 12.6 Å². The second kappa shape index (κ2) is 10.4. The van der Waals surface area contributed by atoms with E-state index in [1.807, 2.05) is 89.6 Å². The van der Waals surface area contributed by atoms with Gasteiger partial charge in [-0.1, -0.05) is 89.2 Å². The van der Waals surface area contributed by atoms with E-state index >= 15 is 0 Å². The normalized spacial score (nSPS) is 11.0. The van der Waals surface area contributed by atoms with Gasteiger partial charge in [-0.3, -0.25) is 4.79 Å². The Morgan fingerprint density at radius 3 is 2.43 bits per heavy atom. The van der Waals surface area contributed by atoms with Gasteiger partial charge in [-0.25, -0.2) is 14.6 Å². The van der Waals surface area contributed by atoms with Gasteiger partial charge in [-0.05, 0) is 36.8 Å². The van der Waals surface area contributed by atoms with Crippen molar-refractivity contribution in [3.05, 3.63) is 95.1 Å². The molecule has 5 aromatic rings. The molecule has 0 unspecified atom stereocenters. The van der Waals surface area contributed by atoms with E-state index < -0.39 is 0 Å². The molecule has 3 aromatic carbocycles. The van der Waals surface area contributed by atoms with Crippen LogP contribution in [0.5, 0.6) is 0 Å². The third-order valence-corrected chi connectivity index (χ3v) is 6.85. The molecule has 1 N–H and O–H groups in total. The Morgan fingerprint density at radius 1 is 0.971 bits per heavy atom. The van der Waals surface area contributed by atoms with Gasteiger partial charge in [0.05, 0.1) is 22.5 Å². The molecule has 0 saturated carbocycles. The molecule has 0 aliphatic carbocycles. The first-order valence-electron chi connectivity index (χ1n) is 11.2. The summed E-state index contributed by atoms with van der Waals surface area (Å²) < 4.78 is 2.78. The zero-order chi connectivity index (χ0) is 24.2. The van der Waals surface area contributed by atoms with Crippen LogP contribution in [0.25, 0.3) is 28.1 Å². The van der Waals surface area contributed by atoms with Crippen LogP contribution in [0.2, 0.25) is 0 Å². The number of para-hydroxylation sites is 1. The van der Waals surface area contributed by atoms with Gasteiger partial charge in [0.25, 0.3) is 0 Å². The zero-order valence-corrected chi connectivity index (χ0v) is 21.4. The summed E-state index contributed by atoms with van der Waals surface area (Å²) in [4.78, 5) is 22.6. The number of hydrogen-bond acceptors (Lipinski definition) is 5. The first-order valence-corrected chi connectivity index (χ1v) is 13.0. The molecule has 0 saturated heterocycles. The number of fused-ring (bicyclic) bond motifs is 1. The Bertz CT molecular complexity index is 1490. The predicted octanol–water partition coefficient (Wildman–Crippen LogP) is 6.54. The van der Waals surface area contributed by atoms with Gasteiger partial charge >= 0.3 is 0 Å². The lowest BCUT2D eigenvalue weighted by atomic mass is 10.2. The molecule has 1 amide bonds. The van der Waals surface area contributed by atoms with E-state index in [1.54, 1.807) is 0 Å². The summed E-state index contributed by atoms with van der Waals surface area (Å²) in [6, 6.07) is 27.4. The fourth-order valence-corrected chi connectivity index (χ4v) is 5.01. The zero-order valence-electron chi connectivity index (χ0n) is 19.0. The second-order valence-corrected chi connectivity index (χ2v) is 9.69. The molecule has 174 valence electrons. The summed E-state index contributed by atoms with van der Waals surface area (Å²) >= 11 is 4.84. The van der Waals surface area contributed by atoms with Gasteiger partial charge in [0.15, 0.2) is 11.5 Å². The van der Waals surface area contributed by atoms with E-state index in [1.165, 1.54) is 11.8 Å². The molecule has 0 aliphatic rings. The van der Waals surface area contributed by atoms with Gasteiger partial charge in [-0.2, -0.15) is 5.10 Å². The number of halogens is 1. The predicted molar refractivity (Wildman–Crippen MR) is 145 cm³/mol. The molecule has 35 heavy (non-hydrogen) atoms. The molecular weight excluding hydrogens is 522 g/mol. The average Bonchev–Trinajstić information content (AvgIpc) is 3.27. The van der Waals surface area contributed by atoms with Crippen molar-refractivity contribution < 1.29 is 4.79 Å². The third-order valence-electron chi connectivity index (χ3n) is 5.38. The van der Waals surface area contributed by atoms with Crippen LogP contribution >= 0.6 is 27.7 Å². The molecule has 8 heteroatoms. The third kappa shape index (κ3) is 5.13. The van der Waals surface area contributed by atoms with Crippen molar-refractivity contribution in [2.45, 2.75) is 18.4 Å². The van der Waals surface area contributed by atoms with Crippen LogP contribution in [0, 0.1) is 0 Å². The van der Waals surface area contributed by atoms with Gasteiger partial charge in [0, 0.05) is 15.7 Å². The molecule has 0 bridgehead atoms. The van der Waals surface area contributed by atoms with E-state index in [0.29, 0.717) is 5.82 Å². The number of aryl methyl sites for hydroxylation is 1. The molecule has 0 fully saturated rings. The molecule has 2 aromatic heterocycles. The van der Waals surface area contributed by atoms with Crippen molar-refractivity contribution in [3.8, 4) is 17.1 Å². The van der Waals surface area contributed by atoms with Crippen molar-refractivity contribution in [1.29, 1.82) is 0 Å². The number of thioether (sulfide) groups is 1. The lowest BCUT2D eigenvalue weighted by molar-refractivity contribution is -0.113. The summed E-state index contributed by atoms with van der Waals surface area (Å²) in [7, 11) is 0. The summed E-state index contributed by atoms with van der Waals surface area (Å²) in [6.45, 7) is 2.07. The highest BCUT2D eigenvalue weighted by molar-refractivity contribution is 9.10.